The molecule has 0 radical (unpaired) electrons. The summed E-state index contributed by atoms with van der Waals surface area (Å²) in [5.74, 6) is 0.226. The van der Waals surface area contributed by atoms with Crippen LogP contribution in [0.5, 0.6) is 0 Å². The van der Waals surface area contributed by atoms with Crippen LogP contribution in [-0.2, 0) is 22.6 Å². The summed E-state index contributed by atoms with van der Waals surface area (Å²) in [6, 6.07) is 7.25. The van der Waals surface area contributed by atoms with E-state index in [2.05, 4.69) is 15.5 Å². The van der Waals surface area contributed by atoms with E-state index in [1.807, 2.05) is 12.1 Å². The summed E-state index contributed by atoms with van der Waals surface area (Å²) >= 11 is 5.93. The Labute approximate surface area is 161 Å². The van der Waals surface area contributed by atoms with Gasteiger partial charge in [0.25, 0.3) is 5.91 Å². The molecule has 3 rings (SSSR count). The molecule has 1 aliphatic heterocycles. The number of hydrogen-bond acceptors (Lipinski definition) is 6. The zero-order valence-electron chi connectivity index (χ0n) is 15.1. The molecule has 0 aliphatic carbocycles. The molecule has 2 aromatic rings. The van der Waals surface area contributed by atoms with Gasteiger partial charge in [-0.05, 0) is 31.0 Å². The van der Waals surface area contributed by atoms with E-state index in [1.165, 1.54) is 11.8 Å². The molecule has 1 saturated heterocycles. The lowest BCUT2D eigenvalue weighted by Crippen LogP contribution is -2.66. The van der Waals surface area contributed by atoms with Crippen LogP contribution in [0.15, 0.2) is 28.8 Å². The molecular weight excluding hydrogens is 372 g/mol. The Morgan fingerprint density at radius 1 is 1.37 bits per heavy atom. The van der Waals surface area contributed by atoms with E-state index >= 15 is 0 Å². The van der Waals surface area contributed by atoms with Gasteiger partial charge in [-0.3, -0.25) is 9.59 Å². The van der Waals surface area contributed by atoms with Crippen molar-refractivity contribution in [2.75, 3.05) is 13.1 Å². The van der Waals surface area contributed by atoms with Crippen molar-refractivity contribution in [2.45, 2.75) is 32.9 Å². The number of halogens is 1. The van der Waals surface area contributed by atoms with Crippen LogP contribution in [0.1, 0.15) is 24.2 Å². The first-order valence-electron chi connectivity index (χ1n) is 8.58. The van der Waals surface area contributed by atoms with Crippen LogP contribution in [0.25, 0.3) is 0 Å². The van der Waals surface area contributed by atoms with Crippen molar-refractivity contribution in [3.8, 4) is 0 Å². The summed E-state index contributed by atoms with van der Waals surface area (Å²) in [4.78, 5) is 30.5. The number of carbonyl (C=O) groups excluding carboxylic acids is 2. The number of aromatic nitrogens is 2. The third-order valence-corrected chi connectivity index (χ3v) is 4.82. The number of hydrogen-bond donors (Lipinski definition) is 2. The molecule has 1 atom stereocenters. The maximum atomic E-state index is 12.9. The average Bonchev–Trinajstić information content (AvgIpc) is 3.02. The molecule has 144 valence electrons. The van der Waals surface area contributed by atoms with Gasteiger partial charge in [0.2, 0.25) is 11.8 Å². The molecule has 2 amide bonds. The minimum Gasteiger partial charge on any atom is -0.384 e. The number of benzene rings is 1. The Bertz CT molecular complexity index is 828. The third-order valence-electron chi connectivity index (χ3n) is 4.57. The summed E-state index contributed by atoms with van der Waals surface area (Å²) in [5.41, 5.74) is 0.158. The van der Waals surface area contributed by atoms with Crippen molar-refractivity contribution in [3.63, 3.8) is 0 Å². The number of aliphatic hydroxyl groups excluding tert-OH is 1. The lowest BCUT2D eigenvalue weighted by Gasteiger charge is -2.49. The van der Waals surface area contributed by atoms with Crippen molar-refractivity contribution < 1.29 is 19.2 Å². The smallest absolute Gasteiger partial charge is 0.251 e. The van der Waals surface area contributed by atoms with Gasteiger partial charge < -0.3 is 19.8 Å². The second-order valence-electron chi connectivity index (χ2n) is 6.87. The van der Waals surface area contributed by atoms with Gasteiger partial charge in [0.1, 0.15) is 6.10 Å². The van der Waals surface area contributed by atoms with Crippen molar-refractivity contribution in [1.82, 2.24) is 20.4 Å². The first kappa shape index (κ1) is 19.3. The molecule has 0 unspecified atom stereocenters. The van der Waals surface area contributed by atoms with Crippen LogP contribution in [0.4, 0.5) is 0 Å². The fourth-order valence-corrected chi connectivity index (χ4v) is 3.32. The summed E-state index contributed by atoms with van der Waals surface area (Å²) < 4.78 is 4.90. The van der Waals surface area contributed by atoms with Gasteiger partial charge in [-0.2, -0.15) is 4.98 Å². The predicted octanol–water partition coefficient (Wildman–Crippen LogP) is 1.10. The SMILES string of the molecule is Cc1nc(CNC(=O)C2(Cc3ccc(Cl)cc3)CN(C(=O)[C@@H](C)O)C2)no1. The molecule has 0 saturated carbocycles. The first-order valence-corrected chi connectivity index (χ1v) is 8.96. The van der Waals surface area contributed by atoms with E-state index in [0.29, 0.717) is 23.2 Å². The summed E-state index contributed by atoms with van der Waals surface area (Å²) in [7, 11) is 0. The van der Waals surface area contributed by atoms with Crippen molar-refractivity contribution >= 4 is 23.4 Å². The van der Waals surface area contributed by atoms with Gasteiger partial charge in [-0.1, -0.05) is 28.9 Å². The van der Waals surface area contributed by atoms with Crippen LogP contribution in [0.2, 0.25) is 5.02 Å². The highest BCUT2D eigenvalue weighted by Gasteiger charge is 2.51. The first-order chi connectivity index (χ1) is 12.8. The Morgan fingerprint density at radius 2 is 2.04 bits per heavy atom. The molecule has 1 aromatic heterocycles. The molecule has 1 aliphatic rings. The highest BCUT2D eigenvalue weighted by molar-refractivity contribution is 6.30. The standard InChI is InChI=1S/C18H21ClN4O4/c1-11(24)16(25)23-9-18(10-23,7-13-3-5-14(19)6-4-13)17(26)20-8-15-21-12(2)27-22-15/h3-6,11,24H,7-10H2,1-2H3,(H,20,26)/t11-/m1/s1. The molecule has 2 N–H and O–H groups in total. The van der Waals surface area contributed by atoms with E-state index in [1.54, 1.807) is 19.1 Å². The molecule has 1 aromatic carbocycles. The van der Waals surface area contributed by atoms with Crippen molar-refractivity contribution in [3.05, 3.63) is 46.6 Å². The maximum absolute atomic E-state index is 12.9. The van der Waals surface area contributed by atoms with E-state index in [9.17, 15) is 14.7 Å². The second kappa shape index (κ2) is 7.66. The van der Waals surface area contributed by atoms with E-state index in [-0.39, 0.29) is 31.4 Å². The molecule has 1 fully saturated rings. The molecule has 27 heavy (non-hydrogen) atoms. The van der Waals surface area contributed by atoms with Crippen molar-refractivity contribution in [1.29, 1.82) is 0 Å². The number of nitrogens with zero attached hydrogens (tertiary/aromatic N) is 3. The van der Waals surface area contributed by atoms with E-state index < -0.39 is 11.5 Å². The summed E-state index contributed by atoms with van der Waals surface area (Å²) in [5, 5.41) is 16.7. The summed E-state index contributed by atoms with van der Waals surface area (Å²) in [6.45, 7) is 3.70. The zero-order chi connectivity index (χ0) is 19.6. The topological polar surface area (TPSA) is 109 Å². The lowest BCUT2D eigenvalue weighted by molar-refractivity contribution is -0.159. The van der Waals surface area contributed by atoms with Gasteiger partial charge in [-0.25, -0.2) is 0 Å². The zero-order valence-corrected chi connectivity index (χ0v) is 15.9. The van der Waals surface area contributed by atoms with Crippen LogP contribution in [0, 0.1) is 12.3 Å². The normalized spacial score (nSPS) is 16.5. The largest absolute Gasteiger partial charge is 0.384 e. The Morgan fingerprint density at radius 3 is 2.59 bits per heavy atom. The number of amides is 2. The van der Waals surface area contributed by atoms with E-state index in [0.717, 1.165) is 5.56 Å². The third kappa shape index (κ3) is 4.28. The number of rotatable bonds is 6. The second-order valence-corrected chi connectivity index (χ2v) is 7.30. The number of likely N-dealkylation sites (tertiary alicyclic amines) is 1. The number of nitrogens with one attached hydrogen (secondary N) is 1. The quantitative estimate of drug-likeness (QED) is 0.762. The molecular formula is C18H21ClN4O4. The fourth-order valence-electron chi connectivity index (χ4n) is 3.19. The van der Waals surface area contributed by atoms with E-state index in [4.69, 9.17) is 16.1 Å². The van der Waals surface area contributed by atoms with Gasteiger partial charge >= 0.3 is 0 Å². The predicted molar refractivity (Wildman–Crippen MR) is 96.7 cm³/mol. The van der Waals surface area contributed by atoms with Crippen LogP contribution in [0.3, 0.4) is 0 Å². The molecule has 2 heterocycles. The highest BCUT2D eigenvalue weighted by Crippen LogP contribution is 2.35. The monoisotopic (exact) mass is 392 g/mol. The van der Waals surface area contributed by atoms with Crippen LogP contribution >= 0.6 is 11.6 Å². The molecule has 0 bridgehead atoms. The Balaban J connectivity index is 1.72. The van der Waals surface area contributed by atoms with Gasteiger partial charge in [0.05, 0.1) is 12.0 Å². The van der Waals surface area contributed by atoms with Crippen LogP contribution in [-0.4, -0.2) is 51.2 Å². The fraction of sp³-hybridized carbons (Fsp3) is 0.444. The van der Waals surface area contributed by atoms with Gasteiger partial charge in [0, 0.05) is 25.0 Å². The molecule has 0 spiro atoms. The number of carbonyl (C=O) groups is 2. The van der Waals surface area contributed by atoms with Crippen molar-refractivity contribution in [2.24, 2.45) is 5.41 Å². The average molecular weight is 393 g/mol. The minimum atomic E-state index is -1.09. The number of aryl methyl sites for hydroxylation is 1. The molecule has 9 heteroatoms. The minimum absolute atomic E-state index is 0.142. The Hall–Kier alpha value is -2.45. The van der Waals surface area contributed by atoms with Gasteiger partial charge in [-0.15, -0.1) is 0 Å². The molecule has 8 nitrogen and oxygen atoms in total. The maximum Gasteiger partial charge on any atom is 0.251 e. The highest BCUT2D eigenvalue weighted by atomic mass is 35.5. The lowest BCUT2D eigenvalue weighted by atomic mass is 9.73. The Kier molecular flexibility index (Phi) is 5.48. The summed E-state index contributed by atoms with van der Waals surface area (Å²) in [6.07, 6.45) is -0.644. The van der Waals surface area contributed by atoms with Crippen LogP contribution < -0.4 is 5.32 Å². The van der Waals surface area contributed by atoms with Gasteiger partial charge in [0.15, 0.2) is 5.82 Å². The number of aliphatic hydroxyl groups is 1.